The quantitative estimate of drug-likeness (QED) is 0.501. The Balaban J connectivity index is 2.72. The van der Waals surface area contributed by atoms with Gasteiger partial charge in [-0.05, 0) is 36.7 Å². The summed E-state index contributed by atoms with van der Waals surface area (Å²) >= 11 is 0. The van der Waals surface area contributed by atoms with Gasteiger partial charge in [0.15, 0.2) is 0 Å². The number of ether oxygens (including phenoxy) is 1. The maximum Gasteiger partial charge on any atom is 0.111 e. The highest BCUT2D eigenvalue weighted by molar-refractivity contribution is 5.28. The Morgan fingerprint density at radius 1 is 1.31 bits per heavy atom. The first-order valence-corrected chi connectivity index (χ1v) is 5.92. The Hall–Kier alpha value is -0.980. The van der Waals surface area contributed by atoms with E-state index >= 15 is 0 Å². The van der Waals surface area contributed by atoms with Gasteiger partial charge in [-0.2, -0.15) is 0 Å². The monoisotopic (exact) mass is 220 g/mol. The molecule has 0 aromatic rings. The van der Waals surface area contributed by atoms with Crippen molar-refractivity contribution in [2.75, 3.05) is 7.11 Å². The van der Waals surface area contributed by atoms with Crippen LogP contribution in [-0.4, -0.2) is 7.11 Å². The highest BCUT2D eigenvalue weighted by Crippen LogP contribution is 2.62. The molecule has 1 aliphatic carbocycles. The van der Waals surface area contributed by atoms with Gasteiger partial charge in [0.2, 0.25) is 0 Å². The lowest BCUT2D eigenvalue weighted by molar-refractivity contribution is 0.256. The van der Waals surface area contributed by atoms with E-state index in [1.165, 1.54) is 18.4 Å². The molecule has 1 aliphatic rings. The molecule has 90 valence electrons. The van der Waals surface area contributed by atoms with E-state index in [-0.39, 0.29) is 0 Å². The molecule has 0 aromatic heterocycles. The van der Waals surface area contributed by atoms with Crippen molar-refractivity contribution in [2.24, 2.45) is 10.8 Å². The first-order chi connectivity index (χ1) is 7.33. The molecule has 0 spiro atoms. The lowest BCUT2D eigenvalue weighted by Crippen LogP contribution is -2.22. The topological polar surface area (TPSA) is 9.23 Å². The van der Waals surface area contributed by atoms with Crippen LogP contribution in [0.4, 0.5) is 0 Å². The predicted molar refractivity (Wildman–Crippen MR) is 70.2 cm³/mol. The molecule has 0 aromatic carbocycles. The highest BCUT2D eigenvalue weighted by Gasteiger charge is 2.52. The summed E-state index contributed by atoms with van der Waals surface area (Å²) < 4.78 is 4.99. The molecule has 0 amide bonds. The van der Waals surface area contributed by atoms with Crippen molar-refractivity contribution < 1.29 is 4.74 Å². The molecule has 1 saturated carbocycles. The van der Waals surface area contributed by atoms with E-state index < -0.39 is 0 Å². The number of hydrogen-bond acceptors (Lipinski definition) is 1. The first-order valence-electron chi connectivity index (χ1n) is 5.92. The molecule has 0 unspecified atom stereocenters. The van der Waals surface area contributed by atoms with Crippen LogP contribution in [0.5, 0.6) is 0 Å². The first kappa shape index (κ1) is 13.1. The Morgan fingerprint density at radius 3 is 2.25 bits per heavy atom. The van der Waals surface area contributed by atoms with Gasteiger partial charge in [0, 0.05) is 0 Å². The molecule has 0 radical (unpaired) electrons. The third-order valence-electron chi connectivity index (χ3n) is 3.83. The van der Waals surface area contributed by atoms with Gasteiger partial charge in [-0.1, -0.05) is 45.1 Å². The molecular formula is C15H24O. The van der Waals surface area contributed by atoms with Crippen LogP contribution in [0, 0.1) is 10.8 Å². The maximum atomic E-state index is 4.99. The van der Waals surface area contributed by atoms with Crippen LogP contribution in [0.3, 0.4) is 0 Å². The van der Waals surface area contributed by atoms with Crippen molar-refractivity contribution in [3.63, 3.8) is 0 Å². The van der Waals surface area contributed by atoms with Crippen LogP contribution in [0.2, 0.25) is 0 Å². The van der Waals surface area contributed by atoms with E-state index in [9.17, 15) is 0 Å². The number of methoxy groups -OCH3 is 1. The van der Waals surface area contributed by atoms with Crippen LogP contribution in [0.1, 0.15) is 40.5 Å². The van der Waals surface area contributed by atoms with Gasteiger partial charge >= 0.3 is 0 Å². The van der Waals surface area contributed by atoms with Crippen molar-refractivity contribution in [3.05, 3.63) is 36.1 Å². The minimum absolute atomic E-state index is 0.361. The lowest BCUT2D eigenvalue weighted by atomic mass is 9.73. The van der Waals surface area contributed by atoms with Gasteiger partial charge in [0.1, 0.15) is 5.76 Å². The minimum atomic E-state index is 0.361. The van der Waals surface area contributed by atoms with E-state index in [2.05, 4.69) is 40.3 Å². The zero-order valence-corrected chi connectivity index (χ0v) is 11.3. The van der Waals surface area contributed by atoms with Crippen molar-refractivity contribution >= 4 is 0 Å². The summed E-state index contributed by atoms with van der Waals surface area (Å²) in [5.41, 5.74) is 2.26. The van der Waals surface area contributed by atoms with Crippen LogP contribution < -0.4 is 0 Å². The molecule has 1 rings (SSSR count). The van der Waals surface area contributed by atoms with Gasteiger partial charge in [-0.15, -0.1) is 0 Å². The normalized spacial score (nSPS) is 19.9. The fourth-order valence-electron chi connectivity index (χ4n) is 2.39. The fourth-order valence-corrected chi connectivity index (χ4v) is 2.39. The minimum Gasteiger partial charge on any atom is -0.497 e. The number of hydrogen-bond donors (Lipinski definition) is 0. The summed E-state index contributed by atoms with van der Waals surface area (Å²) in [6.45, 7) is 13.0. The summed E-state index contributed by atoms with van der Waals surface area (Å²) in [5.74, 6) is 0.699. The van der Waals surface area contributed by atoms with E-state index in [1.54, 1.807) is 7.11 Å². The maximum absolute atomic E-state index is 4.99. The summed E-state index contributed by atoms with van der Waals surface area (Å²) in [5, 5.41) is 0. The van der Waals surface area contributed by atoms with E-state index in [4.69, 9.17) is 4.74 Å². The molecule has 0 N–H and O–H groups in total. The third kappa shape index (κ3) is 2.58. The molecule has 0 atom stereocenters. The van der Waals surface area contributed by atoms with E-state index in [0.717, 1.165) is 0 Å². The Labute approximate surface area is 99.9 Å². The van der Waals surface area contributed by atoms with Crippen LogP contribution in [0.15, 0.2) is 36.1 Å². The second kappa shape index (κ2) is 4.48. The van der Waals surface area contributed by atoms with Gasteiger partial charge in [-0.25, -0.2) is 0 Å². The lowest BCUT2D eigenvalue weighted by Gasteiger charge is -2.31. The molecule has 1 fully saturated rings. The van der Waals surface area contributed by atoms with Crippen molar-refractivity contribution in [2.45, 2.75) is 40.5 Å². The fraction of sp³-hybridized carbons (Fsp3) is 0.600. The van der Waals surface area contributed by atoms with Crippen LogP contribution >= 0.6 is 0 Å². The van der Waals surface area contributed by atoms with Crippen LogP contribution in [-0.2, 0) is 4.74 Å². The zero-order chi connectivity index (χ0) is 12.4. The molecule has 0 saturated heterocycles. The van der Waals surface area contributed by atoms with Gasteiger partial charge in [0.25, 0.3) is 0 Å². The molecular weight excluding hydrogens is 196 g/mol. The average Bonchev–Trinajstić information content (AvgIpc) is 2.96. The Bertz CT molecular complexity index is 322. The summed E-state index contributed by atoms with van der Waals surface area (Å²) in [7, 11) is 1.64. The second-order valence-electron chi connectivity index (χ2n) is 5.71. The SMILES string of the molecule is C=C(/C=C\C=C(/C)C1(C(C)(C)C)CC1)OC. The van der Waals surface area contributed by atoms with Crippen molar-refractivity contribution in [1.82, 2.24) is 0 Å². The van der Waals surface area contributed by atoms with E-state index in [0.29, 0.717) is 16.6 Å². The number of allylic oxidation sites excluding steroid dienone is 4. The zero-order valence-electron chi connectivity index (χ0n) is 11.3. The Kier molecular flexibility index (Phi) is 3.67. The van der Waals surface area contributed by atoms with Gasteiger partial charge in [0.05, 0.1) is 7.11 Å². The molecule has 1 nitrogen and oxygen atoms in total. The van der Waals surface area contributed by atoms with Gasteiger partial charge in [-0.3, -0.25) is 0 Å². The van der Waals surface area contributed by atoms with Crippen molar-refractivity contribution in [3.8, 4) is 0 Å². The third-order valence-corrected chi connectivity index (χ3v) is 3.83. The largest absolute Gasteiger partial charge is 0.497 e. The standard InChI is InChI=1S/C15H24O/c1-12(8-7-9-13(2)16-6)15(10-11-15)14(3,4)5/h7-9H,2,10-11H2,1,3-6H3/b9-7-,12-8+. The summed E-state index contributed by atoms with van der Waals surface area (Å²) in [4.78, 5) is 0. The molecule has 0 heterocycles. The van der Waals surface area contributed by atoms with E-state index in [1.807, 2.05) is 12.2 Å². The van der Waals surface area contributed by atoms with Crippen molar-refractivity contribution in [1.29, 1.82) is 0 Å². The summed E-state index contributed by atoms with van der Waals surface area (Å²) in [6.07, 6.45) is 8.77. The molecule has 1 heteroatoms. The number of rotatable bonds is 4. The van der Waals surface area contributed by atoms with Gasteiger partial charge < -0.3 is 4.74 Å². The summed E-state index contributed by atoms with van der Waals surface area (Å²) in [6, 6.07) is 0. The molecule has 16 heavy (non-hydrogen) atoms. The van der Waals surface area contributed by atoms with Crippen LogP contribution in [0.25, 0.3) is 0 Å². The second-order valence-corrected chi connectivity index (χ2v) is 5.71. The molecule has 0 aliphatic heterocycles. The predicted octanol–water partition coefficient (Wildman–Crippen LogP) is 4.48. The average molecular weight is 220 g/mol. The smallest absolute Gasteiger partial charge is 0.111 e. The molecule has 0 bridgehead atoms. The highest BCUT2D eigenvalue weighted by atomic mass is 16.5. The Morgan fingerprint density at radius 2 is 1.88 bits per heavy atom.